The molecule has 3 aromatic rings. The molecule has 0 unspecified atom stereocenters. The number of nitrogens with two attached hydrogens (primary N) is 1. The number of sulfonamides is 1. The highest BCUT2D eigenvalue weighted by atomic mass is 32.2. The number of carbonyl (C=O) groups is 3. The van der Waals surface area contributed by atoms with E-state index in [0.29, 0.717) is 11.1 Å². The van der Waals surface area contributed by atoms with Crippen LogP contribution in [0.4, 0.5) is 5.69 Å². The van der Waals surface area contributed by atoms with Gasteiger partial charge in [0, 0.05) is 22.2 Å². The third-order valence-electron chi connectivity index (χ3n) is 4.60. The van der Waals surface area contributed by atoms with Gasteiger partial charge in [0.05, 0.1) is 4.90 Å². The molecule has 3 aromatic carbocycles. The van der Waals surface area contributed by atoms with E-state index >= 15 is 0 Å². The van der Waals surface area contributed by atoms with Gasteiger partial charge in [-0.05, 0) is 41.8 Å². The fourth-order valence-corrected chi connectivity index (χ4v) is 4.23. The molecule has 0 radical (unpaired) electrons. The van der Waals surface area contributed by atoms with E-state index in [1.807, 2.05) is 4.72 Å². The van der Waals surface area contributed by atoms with Crippen molar-refractivity contribution in [3.8, 4) is 0 Å². The first-order valence-electron chi connectivity index (χ1n) is 8.57. The molecule has 0 spiro atoms. The summed E-state index contributed by atoms with van der Waals surface area (Å²) in [4.78, 5) is 38.5. The smallest absolute Gasteiger partial charge is 0.264 e. The zero-order valence-corrected chi connectivity index (χ0v) is 15.8. The molecule has 1 aliphatic heterocycles. The van der Waals surface area contributed by atoms with E-state index < -0.39 is 34.3 Å². The van der Waals surface area contributed by atoms with Crippen molar-refractivity contribution in [2.45, 2.75) is 4.90 Å². The lowest BCUT2D eigenvalue weighted by Gasteiger charge is -2.26. The number of nitrogens with zero attached hydrogens (tertiary/aromatic N) is 1. The number of hydrogen-bond donors (Lipinski definition) is 2. The fraction of sp³-hybridized carbons (Fsp3) is 0.0500. The van der Waals surface area contributed by atoms with E-state index in [2.05, 4.69) is 0 Å². The van der Waals surface area contributed by atoms with E-state index in [1.54, 1.807) is 36.4 Å². The Labute approximate surface area is 166 Å². The van der Waals surface area contributed by atoms with Crippen molar-refractivity contribution < 1.29 is 22.8 Å². The molecule has 0 fully saturated rings. The Hall–Kier alpha value is -3.72. The summed E-state index contributed by atoms with van der Waals surface area (Å²) in [6.45, 7) is -0.726. The molecule has 8 nitrogen and oxygen atoms in total. The largest absolute Gasteiger partial charge is 0.399 e. The number of carbonyl (C=O) groups excluding carboxylic acids is 3. The zero-order chi connectivity index (χ0) is 20.8. The summed E-state index contributed by atoms with van der Waals surface area (Å²) in [7, 11) is -4.17. The molecule has 0 aliphatic carbocycles. The van der Waals surface area contributed by atoms with Gasteiger partial charge in [0.15, 0.2) is 0 Å². The first kappa shape index (κ1) is 18.6. The molecule has 1 aliphatic rings. The highest BCUT2D eigenvalue weighted by Gasteiger charge is 2.34. The van der Waals surface area contributed by atoms with Gasteiger partial charge < -0.3 is 5.73 Å². The molecular weight excluding hydrogens is 394 g/mol. The van der Waals surface area contributed by atoms with Crippen LogP contribution < -0.4 is 10.5 Å². The molecule has 0 saturated carbocycles. The van der Waals surface area contributed by atoms with Crippen LogP contribution >= 0.6 is 0 Å². The van der Waals surface area contributed by atoms with Gasteiger partial charge in [-0.1, -0.05) is 24.3 Å². The summed E-state index contributed by atoms with van der Waals surface area (Å²) in [5, 5.41) is 1.26. The number of anilines is 1. The highest BCUT2D eigenvalue weighted by molar-refractivity contribution is 7.90. The second-order valence-corrected chi connectivity index (χ2v) is 8.19. The van der Waals surface area contributed by atoms with Gasteiger partial charge in [-0.2, -0.15) is 0 Å². The molecule has 0 atom stereocenters. The predicted molar refractivity (Wildman–Crippen MR) is 105 cm³/mol. The summed E-state index contributed by atoms with van der Waals surface area (Å²) in [5.41, 5.74) is 6.47. The van der Waals surface area contributed by atoms with E-state index in [4.69, 9.17) is 5.73 Å². The van der Waals surface area contributed by atoms with Crippen LogP contribution in [0, 0.1) is 0 Å². The second kappa shape index (κ2) is 6.71. The molecule has 1 heterocycles. The Balaban J connectivity index is 1.60. The molecule has 3 N–H and O–H groups in total. The van der Waals surface area contributed by atoms with Crippen molar-refractivity contribution in [3.63, 3.8) is 0 Å². The van der Waals surface area contributed by atoms with Crippen molar-refractivity contribution in [1.82, 2.24) is 9.62 Å². The topological polar surface area (TPSA) is 127 Å². The fourth-order valence-electron chi connectivity index (χ4n) is 3.26. The van der Waals surface area contributed by atoms with Gasteiger partial charge in [0.1, 0.15) is 6.54 Å². The third-order valence-corrected chi connectivity index (χ3v) is 5.99. The van der Waals surface area contributed by atoms with Gasteiger partial charge >= 0.3 is 0 Å². The average Bonchev–Trinajstić information content (AvgIpc) is 2.69. The van der Waals surface area contributed by atoms with Crippen LogP contribution in [0.2, 0.25) is 0 Å². The third kappa shape index (κ3) is 3.21. The van der Waals surface area contributed by atoms with Crippen molar-refractivity contribution in [3.05, 3.63) is 71.8 Å². The Morgan fingerprint density at radius 1 is 0.897 bits per heavy atom. The number of hydrogen-bond acceptors (Lipinski definition) is 6. The maximum absolute atomic E-state index is 12.8. The number of rotatable bonds is 4. The van der Waals surface area contributed by atoms with E-state index in [1.165, 1.54) is 24.3 Å². The van der Waals surface area contributed by atoms with E-state index in [9.17, 15) is 22.8 Å². The monoisotopic (exact) mass is 409 g/mol. The number of nitrogen functional groups attached to an aromatic ring is 1. The summed E-state index contributed by atoms with van der Waals surface area (Å²) >= 11 is 0. The summed E-state index contributed by atoms with van der Waals surface area (Å²) in [6, 6.07) is 15.3. The lowest BCUT2D eigenvalue weighted by Crippen LogP contribution is -2.47. The van der Waals surface area contributed by atoms with E-state index in [-0.39, 0.29) is 16.0 Å². The molecule has 3 amide bonds. The molecule has 0 aromatic heterocycles. The van der Waals surface area contributed by atoms with Gasteiger partial charge in [0.25, 0.3) is 27.7 Å². The highest BCUT2D eigenvalue weighted by Crippen LogP contribution is 2.29. The van der Waals surface area contributed by atoms with E-state index in [0.717, 1.165) is 10.3 Å². The Morgan fingerprint density at radius 2 is 1.45 bits per heavy atom. The van der Waals surface area contributed by atoms with Crippen molar-refractivity contribution in [2.75, 3.05) is 12.3 Å². The molecule has 9 heteroatoms. The molecule has 0 bridgehead atoms. The molecule has 29 heavy (non-hydrogen) atoms. The first-order valence-corrected chi connectivity index (χ1v) is 10.1. The Kier molecular flexibility index (Phi) is 4.31. The SMILES string of the molecule is Nc1ccc(S(=O)(=O)NC(=O)CN2C(=O)c3cccc4cccc(c34)C2=O)cc1. The normalized spacial score (nSPS) is 13.6. The maximum atomic E-state index is 12.8. The summed E-state index contributed by atoms with van der Waals surface area (Å²) in [6.07, 6.45) is 0. The lowest BCUT2D eigenvalue weighted by molar-refractivity contribution is -0.119. The van der Waals surface area contributed by atoms with Crippen LogP contribution in [0.25, 0.3) is 10.8 Å². The minimum atomic E-state index is -4.17. The molecule has 146 valence electrons. The number of nitrogens with one attached hydrogen (secondary N) is 1. The van der Waals surface area contributed by atoms with Gasteiger partial charge in [-0.3, -0.25) is 19.3 Å². The molecular formula is C20H15N3O5S. The van der Waals surface area contributed by atoms with Crippen LogP contribution in [-0.2, 0) is 14.8 Å². The number of amides is 3. The van der Waals surface area contributed by atoms with Gasteiger partial charge in [-0.25, -0.2) is 13.1 Å². The second-order valence-electron chi connectivity index (χ2n) is 6.50. The predicted octanol–water partition coefficient (Wildman–Crippen LogP) is 1.52. The molecule has 0 saturated heterocycles. The summed E-state index contributed by atoms with van der Waals surface area (Å²) in [5.74, 6) is -2.31. The summed E-state index contributed by atoms with van der Waals surface area (Å²) < 4.78 is 26.6. The minimum absolute atomic E-state index is 0.161. The van der Waals surface area contributed by atoms with Gasteiger partial charge in [-0.15, -0.1) is 0 Å². The van der Waals surface area contributed by atoms with Crippen molar-refractivity contribution >= 4 is 44.2 Å². The minimum Gasteiger partial charge on any atom is -0.399 e. The van der Waals surface area contributed by atoms with Crippen LogP contribution in [0.15, 0.2) is 65.6 Å². The Bertz CT molecular complexity index is 1230. The maximum Gasteiger partial charge on any atom is 0.264 e. The first-order chi connectivity index (χ1) is 13.8. The molecule has 4 rings (SSSR count). The number of imide groups is 1. The van der Waals surface area contributed by atoms with Crippen molar-refractivity contribution in [2.24, 2.45) is 0 Å². The van der Waals surface area contributed by atoms with Gasteiger partial charge in [0.2, 0.25) is 0 Å². The quantitative estimate of drug-likeness (QED) is 0.497. The number of benzene rings is 3. The zero-order valence-electron chi connectivity index (χ0n) is 15.0. The van der Waals surface area contributed by atoms with Crippen LogP contribution in [0.3, 0.4) is 0 Å². The lowest BCUT2D eigenvalue weighted by atomic mass is 9.94. The van der Waals surface area contributed by atoms with Crippen LogP contribution in [-0.4, -0.2) is 37.6 Å². The standard InChI is InChI=1S/C20H15N3O5S/c21-13-7-9-14(10-8-13)29(27,28)22-17(24)11-23-19(25)15-5-1-3-12-4-2-6-16(18(12)15)20(23)26/h1-10H,11,21H2,(H,22,24). The average molecular weight is 409 g/mol. The Morgan fingerprint density at radius 3 is 2.00 bits per heavy atom. The van der Waals surface area contributed by atoms with Crippen LogP contribution in [0.1, 0.15) is 20.7 Å². The van der Waals surface area contributed by atoms with Crippen LogP contribution in [0.5, 0.6) is 0 Å². The van der Waals surface area contributed by atoms with Crippen molar-refractivity contribution in [1.29, 1.82) is 0 Å².